The third-order valence-corrected chi connectivity index (χ3v) is 6.11. The average Bonchev–Trinajstić information content (AvgIpc) is 3.31. The second-order valence-electron chi connectivity index (χ2n) is 8.36. The number of pyridine rings is 1. The van der Waals surface area contributed by atoms with Crippen LogP contribution in [0.3, 0.4) is 0 Å². The van der Waals surface area contributed by atoms with E-state index in [9.17, 15) is 14.0 Å². The first-order valence-electron chi connectivity index (χ1n) is 10.1. The SMILES string of the molecule is O=c1c(=O)n2c(nn1Cc1ccc(F)cc1)CC1(CCN(Cc3ccccn3)C1)C2. The highest BCUT2D eigenvalue weighted by Gasteiger charge is 2.44. The van der Waals surface area contributed by atoms with Gasteiger partial charge in [0.25, 0.3) is 0 Å². The van der Waals surface area contributed by atoms with Crippen molar-refractivity contribution in [2.45, 2.75) is 32.5 Å². The minimum absolute atomic E-state index is 0.0740. The van der Waals surface area contributed by atoms with E-state index in [0.29, 0.717) is 18.8 Å². The molecule has 0 bridgehead atoms. The zero-order chi connectivity index (χ0) is 20.7. The van der Waals surface area contributed by atoms with Gasteiger partial charge in [-0.1, -0.05) is 18.2 Å². The van der Waals surface area contributed by atoms with Crippen LogP contribution in [-0.2, 0) is 26.1 Å². The smallest absolute Gasteiger partial charge is 0.297 e. The third-order valence-electron chi connectivity index (χ3n) is 6.11. The quantitative estimate of drug-likeness (QED) is 0.612. The van der Waals surface area contributed by atoms with E-state index in [2.05, 4.69) is 15.0 Å². The maximum Gasteiger partial charge on any atom is 0.332 e. The highest BCUT2D eigenvalue weighted by atomic mass is 19.1. The summed E-state index contributed by atoms with van der Waals surface area (Å²) in [5, 5.41) is 4.50. The Bertz CT molecular complexity index is 1190. The van der Waals surface area contributed by atoms with E-state index < -0.39 is 11.1 Å². The van der Waals surface area contributed by atoms with Gasteiger partial charge in [0.2, 0.25) is 0 Å². The van der Waals surface area contributed by atoms with Gasteiger partial charge >= 0.3 is 11.1 Å². The number of nitrogens with zero attached hydrogens (tertiary/aromatic N) is 5. The third kappa shape index (κ3) is 3.47. The first-order chi connectivity index (χ1) is 14.5. The fourth-order valence-corrected chi connectivity index (χ4v) is 4.63. The van der Waals surface area contributed by atoms with E-state index in [0.717, 1.165) is 37.3 Å². The van der Waals surface area contributed by atoms with Gasteiger partial charge in [0.05, 0.1) is 12.2 Å². The van der Waals surface area contributed by atoms with Crippen LogP contribution in [0.5, 0.6) is 0 Å². The fraction of sp³-hybridized carbons (Fsp3) is 0.364. The molecule has 2 aliphatic heterocycles. The van der Waals surface area contributed by atoms with Gasteiger partial charge in [0.1, 0.15) is 11.6 Å². The summed E-state index contributed by atoms with van der Waals surface area (Å²) in [5.41, 5.74) is 0.519. The molecule has 0 N–H and O–H groups in total. The molecule has 0 aliphatic carbocycles. The number of likely N-dealkylation sites (tertiary alicyclic amines) is 1. The van der Waals surface area contributed by atoms with Crippen molar-refractivity contribution in [3.05, 3.63) is 92.3 Å². The van der Waals surface area contributed by atoms with Crippen molar-refractivity contribution in [1.29, 1.82) is 0 Å². The number of benzene rings is 1. The molecule has 0 saturated carbocycles. The van der Waals surface area contributed by atoms with Crippen LogP contribution in [0.15, 0.2) is 58.3 Å². The Labute approximate surface area is 172 Å². The molecule has 0 radical (unpaired) electrons. The van der Waals surface area contributed by atoms with E-state index in [1.807, 2.05) is 18.2 Å². The minimum Gasteiger partial charge on any atom is -0.297 e. The zero-order valence-corrected chi connectivity index (χ0v) is 16.5. The van der Waals surface area contributed by atoms with Gasteiger partial charge in [-0.05, 0) is 42.8 Å². The maximum atomic E-state index is 13.1. The van der Waals surface area contributed by atoms with E-state index in [-0.39, 0.29) is 17.8 Å². The minimum atomic E-state index is -0.636. The van der Waals surface area contributed by atoms with Crippen LogP contribution in [-0.4, -0.2) is 37.3 Å². The summed E-state index contributed by atoms with van der Waals surface area (Å²) >= 11 is 0. The molecule has 8 heteroatoms. The van der Waals surface area contributed by atoms with E-state index >= 15 is 0 Å². The summed E-state index contributed by atoms with van der Waals surface area (Å²) in [7, 11) is 0. The Hall–Kier alpha value is -3.13. The monoisotopic (exact) mass is 407 g/mol. The van der Waals surface area contributed by atoms with E-state index in [1.54, 1.807) is 22.9 Å². The predicted molar refractivity (Wildman–Crippen MR) is 109 cm³/mol. The van der Waals surface area contributed by atoms with Crippen LogP contribution in [0, 0.1) is 11.2 Å². The van der Waals surface area contributed by atoms with Gasteiger partial charge in [-0.2, -0.15) is 5.10 Å². The molecule has 3 aromatic rings. The largest absolute Gasteiger partial charge is 0.332 e. The second-order valence-corrected chi connectivity index (χ2v) is 8.36. The van der Waals surface area contributed by atoms with Crippen LogP contribution < -0.4 is 11.1 Å². The second kappa shape index (κ2) is 7.28. The van der Waals surface area contributed by atoms with Crippen LogP contribution in [0.1, 0.15) is 23.5 Å². The van der Waals surface area contributed by atoms with E-state index in [4.69, 9.17) is 0 Å². The first kappa shape index (κ1) is 18.9. The molecule has 154 valence electrons. The molecule has 1 fully saturated rings. The number of aromatic nitrogens is 4. The molecule has 7 nitrogen and oxygen atoms in total. The Morgan fingerprint density at radius 2 is 1.83 bits per heavy atom. The van der Waals surface area contributed by atoms with E-state index in [1.165, 1.54) is 16.8 Å². The van der Waals surface area contributed by atoms with Crippen molar-refractivity contribution < 1.29 is 4.39 Å². The normalized spacial score (nSPS) is 20.7. The molecule has 1 saturated heterocycles. The lowest BCUT2D eigenvalue weighted by Crippen LogP contribution is -2.43. The van der Waals surface area contributed by atoms with Crippen LogP contribution in [0.2, 0.25) is 0 Å². The lowest BCUT2D eigenvalue weighted by Gasteiger charge is -2.22. The number of halogens is 1. The van der Waals surface area contributed by atoms with Gasteiger partial charge in [-0.25, -0.2) is 9.07 Å². The summed E-state index contributed by atoms with van der Waals surface area (Å²) in [4.78, 5) is 32.1. The number of hydrogen-bond acceptors (Lipinski definition) is 5. The van der Waals surface area contributed by atoms with Crippen LogP contribution in [0.4, 0.5) is 4.39 Å². The number of hydrogen-bond donors (Lipinski definition) is 0. The molecule has 1 spiro atoms. The molecular formula is C22H22FN5O2. The van der Waals surface area contributed by atoms with Crippen molar-refractivity contribution in [3.8, 4) is 0 Å². The molecule has 1 atom stereocenters. The molecule has 30 heavy (non-hydrogen) atoms. The Morgan fingerprint density at radius 3 is 2.60 bits per heavy atom. The summed E-state index contributed by atoms with van der Waals surface area (Å²) in [6, 6.07) is 11.8. The summed E-state index contributed by atoms with van der Waals surface area (Å²) in [5.74, 6) is 0.313. The molecule has 5 rings (SSSR count). The van der Waals surface area contributed by atoms with Gasteiger partial charge in [-0.15, -0.1) is 0 Å². The summed E-state index contributed by atoms with van der Waals surface area (Å²) in [6.07, 6.45) is 3.42. The standard InChI is InChI=1S/C22H22FN5O2/c23-17-6-4-16(5-7-17)12-28-21(30)20(29)27-15-22(11-19(27)25-28)8-10-26(14-22)13-18-3-1-2-9-24-18/h1-7,9H,8,10-15H2. The molecular weight excluding hydrogens is 385 g/mol. The van der Waals surface area contributed by atoms with Crippen molar-refractivity contribution in [1.82, 2.24) is 24.2 Å². The van der Waals surface area contributed by atoms with Crippen molar-refractivity contribution in [2.75, 3.05) is 13.1 Å². The average molecular weight is 407 g/mol. The molecule has 4 heterocycles. The predicted octanol–water partition coefficient (Wildman–Crippen LogP) is 1.44. The fourth-order valence-electron chi connectivity index (χ4n) is 4.63. The highest BCUT2D eigenvalue weighted by molar-refractivity contribution is 5.16. The van der Waals surface area contributed by atoms with Crippen molar-refractivity contribution in [3.63, 3.8) is 0 Å². The number of fused-ring (bicyclic) bond motifs is 1. The molecule has 1 aromatic carbocycles. The van der Waals surface area contributed by atoms with Crippen LogP contribution >= 0.6 is 0 Å². The van der Waals surface area contributed by atoms with Gasteiger partial charge in [0.15, 0.2) is 0 Å². The van der Waals surface area contributed by atoms with Gasteiger partial charge < -0.3 is 0 Å². The van der Waals surface area contributed by atoms with Gasteiger partial charge in [-0.3, -0.25) is 24.0 Å². The molecule has 0 amide bonds. The highest BCUT2D eigenvalue weighted by Crippen LogP contribution is 2.39. The molecule has 2 aromatic heterocycles. The van der Waals surface area contributed by atoms with Crippen molar-refractivity contribution in [2.24, 2.45) is 5.41 Å². The number of rotatable bonds is 4. The lowest BCUT2D eigenvalue weighted by molar-refractivity contribution is 0.245. The van der Waals surface area contributed by atoms with Gasteiger partial charge in [0, 0.05) is 37.7 Å². The Morgan fingerprint density at radius 1 is 1.00 bits per heavy atom. The molecule has 2 aliphatic rings. The molecule has 1 unspecified atom stereocenters. The van der Waals surface area contributed by atoms with Crippen molar-refractivity contribution >= 4 is 0 Å². The Balaban J connectivity index is 1.36. The lowest BCUT2D eigenvalue weighted by atomic mass is 9.86. The topological polar surface area (TPSA) is 73.0 Å². The summed E-state index contributed by atoms with van der Waals surface area (Å²) in [6.45, 7) is 3.23. The maximum absolute atomic E-state index is 13.1. The van der Waals surface area contributed by atoms with Crippen LogP contribution in [0.25, 0.3) is 0 Å². The summed E-state index contributed by atoms with van der Waals surface area (Å²) < 4.78 is 15.9. The first-order valence-corrected chi connectivity index (χ1v) is 10.1. The zero-order valence-electron chi connectivity index (χ0n) is 16.5. The Kier molecular flexibility index (Phi) is 4.58.